The number of alkyl halides is 6. The Kier molecular flexibility index (Phi) is 4.35. The molecule has 0 saturated heterocycles. The zero-order valence-corrected chi connectivity index (χ0v) is 9.16. The van der Waals surface area contributed by atoms with Crippen molar-refractivity contribution in [1.29, 1.82) is 0 Å². The zero-order chi connectivity index (χ0) is 13.1. The minimum atomic E-state index is -5.28. The molecule has 0 atom stereocenters. The third-order valence-corrected chi connectivity index (χ3v) is 3.22. The molecule has 0 radical (unpaired) electrons. The van der Waals surface area contributed by atoms with Crippen molar-refractivity contribution < 1.29 is 26.3 Å². The summed E-state index contributed by atoms with van der Waals surface area (Å²) in [4.78, 5) is 0. The van der Waals surface area contributed by atoms with Crippen molar-refractivity contribution in [2.45, 2.75) is 23.4 Å². The number of thioether (sulfide) groups is 1. The van der Waals surface area contributed by atoms with E-state index < -0.39 is 17.6 Å². The summed E-state index contributed by atoms with van der Waals surface area (Å²) >= 11 is -0.161. The molecule has 1 aromatic rings. The van der Waals surface area contributed by atoms with Gasteiger partial charge in [0.25, 0.3) is 0 Å². The second-order valence-corrected chi connectivity index (χ2v) is 4.35. The lowest BCUT2D eigenvalue weighted by Gasteiger charge is -2.22. The van der Waals surface area contributed by atoms with Crippen LogP contribution in [0.3, 0.4) is 0 Å². The fourth-order valence-corrected chi connectivity index (χ4v) is 2.06. The maximum atomic E-state index is 12.2. The molecule has 0 amide bonds. The predicted molar refractivity (Wildman–Crippen MR) is 53.6 cm³/mol. The molecule has 1 aromatic carbocycles. The van der Waals surface area contributed by atoms with Gasteiger partial charge < -0.3 is 0 Å². The van der Waals surface area contributed by atoms with Crippen LogP contribution < -0.4 is 0 Å². The van der Waals surface area contributed by atoms with Crippen LogP contribution in [0.4, 0.5) is 26.3 Å². The van der Waals surface area contributed by atoms with E-state index >= 15 is 0 Å². The molecule has 1 rings (SSSR count). The lowest BCUT2D eigenvalue weighted by Crippen LogP contribution is -2.39. The number of hydrogen-bond donors (Lipinski definition) is 0. The van der Waals surface area contributed by atoms with E-state index in [1.807, 2.05) is 0 Å². The molecule has 0 unspecified atom stereocenters. The normalized spacial score (nSPS) is 13.1. The molecular formula is C10H8F6S. The summed E-state index contributed by atoms with van der Waals surface area (Å²) in [6, 6.07) is 7.73. The summed E-state index contributed by atoms with van der Waals surface area (Å²) in [5, 5.41) is -3.34. The van der Waals surface area contributed by atoms with Crippen LogP contribution in [0.1, 0.15) is 5.56 Å². The molecule has 0 N–H and O–H groups in total. The van der Waals surface area contributed by atoms with E-state index in [2.05, 4.69) is 0 Å². The van der Waals surface area contributed by atoms with E-state index in [1.54, 1.807) is 18.2 Å². The Labute approximate surface area is 98.0 Å². The van der Waals surface area contributed by atoms with Crippen molar-refractivity contribution >= 4 is 11.8 Å². The monoisotopic (exact) mass is 274 g/mol. The lowest BCUT2D eigenvalue weighted by molar-refractivity contribution is -0.223. The second kappa shape index (κ2) is 5.20. The predicted octanol–water partition coefficient (Wildman–Crippen LogP) is 4.41. The SMILES string of the molecule is FC(F)(F)C(SCc1ccccc1)C(F)(F)F. The van der Waals surface area contributed by atoms with Crippen molar-refractivity contribution in [2.24, 2.45) is 0 Å². The van der Waals surface area contributed by atoms with E-state index in [-0.39, 0.29) is 17.5 Å². The van der Waals surface area contributed by atoms with E-state index in [0.717, 1.165) is 0 Å². The quantitative estimate of drug-likeness (QED) is 0.735. The van der Waals surface area contributed by atoms with Gasteiger partial charge in [-0.05, 0) is 5.56 Å². The molecule has 0 aliphatic carbocycles. The Hall–Kier alpha value is -0.850. The molecule has 7 heteroatoms. The van der Waals surface area contributed by atoms with Gasteiger partial charge in [-0.2, -0.15) is 26.3 Å². The molecular weight excluding hydrogens is 266 g/mol. The minimum Gasteiger partial charge on any atom is -0.169 e. The highest BCUT2D eigenvalue weighted by Gasteiger charge is 2.56. The summed E-state index contributed by atoms with van der Waals surface area (Å²) in [6.07, 6.45) is -10.6. The van der Waals surface area contributed by atoms with Gasteiger partial charge in [-0.25, -0.2) is 0 Å². The summed E-state index contributed by atoms with van der Waals surface area (Å²) in [5.41, 5.74) is 0.427. The van der Waals surface area contributed by atoms with Crippen LogP contribution in [0.2, 0.25) is 0 Å². The highest BCUT2D eigenvalue weighted by molar-refractivity contribution is 7.99. The first kappa shape index (κ1) is 14.2. The molecule has 0 bridgehead atoms. The Balaban J connectivity index is 2.70. The third kappa shape index (κ3) is 4.49. The summed E-state index contributed by atoms with van der Waals surface area (Å²) in [7, 11) is 0. The highest BCUT2D eigenvalue weighted by atomic mass is 32.2. The van der Waals surface area contributed by atoms with Gasteiger partial charge in [-0.15, -0.1) is 11.8 Å². The van der Waals surface area contributed by atoms with Gasteiger partial charge in [-0.3, -0.25) is 0 Å². The van der Waals surface area contributed by atoms with E-state index in [4.69, 9.17) is 0 Å². The molecule has 0 spiro atoms. The van der Waals surface area contributed by atoms with Crippen LogP contribution in [0.25, 0.3) is 0 Å². The molecule has 0 fully saturated rings. The van der Waals surface area contributed by atoms with Gasteiger partial charge in [0.2, 0.25) is 0 Å². The first-order valence-electron chi connectivity index (χ1n) is 4.50. The Bertz CT molecular complexity index is 328. The molecule has 0 saturated carbocycles. The van der Waals surface area contributed by atoms with Crippen LogP contribution in [0.5, 0.6) is 0 Å². The summed E-state index contributed by atoms with van der Waals surface area (Å²) < 4.78 is 73.1. The third-order valence-electron chi connectivity index (χ3n) is 1.85. The van der Waals surface area contributed by atoms with E-state index in [1.165, 1.54) is 12.1 Å². The van der Waals surface area contributed by atoms with Crippen LogP contribution in [0.15, 0.2) is 30.3 Å². The first-order chi connectivity index (χ1) is 7.71. The van der Waals surface area contributed by atoms with Gasteiger partial charge in [0.15, 0.2) is 5.25 Å². The average Bonchev–Trinajstić information content (AvgIpc) is 2.15. The molecule has 0 nitrogen and oxygen atoms in total. The maximum Gasteiger partial charge on any atom is 0.409 e. The largest absolute Gasteiger partial charge is 0.409 e. The zero-order valence-electron chi connectivity index (χ0n) is 8.35. The molecule has 0 aliphatic rings. The maximum absolute atomic E-state index is 12.2. The van der Waals surface area contributed by atoms with Gasteiger partial charge >= 0.3 is 12.4 Å². The van der Waals surface area contributed by atoms with Crippen molar-refractivity contribution in [3.63, 3.8) is 0 Å². The standard InChI is InChI=1S/C10H8F6S/c11-9(12,13)8(10(14,15)16)17-6-7-4-2-1-3-5-7/h1-5,8H,6H2. The van der Waals surface area contributed by atoms with Gasteiger partial charge in [0.1, 0.15) is 0 Å². The van der Waals surface area contributed by atoms with E-state index in [0.29, 0.717) is 5.56 Å². The van der Waals surface area contributed by atoms with Crippen molar-refractivity contribution in [2.75, 3.05) is 0 Å². The summed E-state index contributed by atoms with van der Waals surface area (Å²) in [6.45, 7) is 0. The highest BCUT2D eigenvalue weighted by Crippen LogP contribution is 2.42. The molecule has 17 heavy (non-hydrogen) atoms. The first-order valence-corrected chi connectivity index (χ1v) is 5.55. The van der Waals surface area contributed by atoms with Gasteiger partial charge in [-0.1, -0.05) is 30.3 Å². The van der Waals surface area contributed by atoms with Crippen LogP contribution >= 0.6 is 11.8 Å². The van der Waals surface area contributed by atoms with Gasteiger partial charge in [0.05, 0.1) is 0 Å². The smallest absolute Gasteiger partial charge is 0.169 e. The molecule has 0 aromatic heterocycles. The topological polar surface area (TPSA) is 0 Å². The number of halogens is 6. The molecule has 96 valence electrons. The Morgan fingerprint density at radius 1 is 0.882 bits per heavy atom. The number of rotatable bonds is 3. The van der Waals surface area contributed by atoms with E-state index in [9.17, 15) is 26.3 Å². The fourth-order valence-electron chi connectivity index (χ4n) is 1.13. The van der Waals surface area contributed by atoms with Crippen molar-refractivity contribution in [3.05, 3.63) is 35.9 Å². The second-order valence-electron chi connectivity index (χ2n) is 3.26. The average molecular weight is 274 g/mol. The molecule has 0 aliphatic heterocycles. The molecule has 0 heterocycles. The minimum absolute atomic E-state index is 0.161. The van der Waals surface area contributed by atoms with Crippen molar-refractivity contribution in [3.8, 4) is 0 Å². The fraction of sp³-hybridized carbons (Fsp3) is 0.400. The Morgan fingerprint density at radius 2 is 1.35 bits per heavy atom. The Morgan fingerprint density at radius 3 is 1.76 bits per heavy atom. The lowest BCUT2D eigenvalue weighted by atomic mass is 10.2. The van der Waals surface area contributed by atoms with Crippen LogP contribution in [0, 0.1) is 0 Å². The number of hydrogen-bond acceptors (Lipinski definition) is 1. The van der Waals surface area contributed by atoms with Crippen molar-refractivity contribution in [1.82, 2.24) is 0 Å². The van der Waals surface area contributed by atoms with Crippen LogP contribution in [-0.4, -0.2) is 17.6 Å². The van der Waals surface area contributed by atoms with Crippen LogP contribution in [-0.2, 0) is 5.75 Å². The van der Waals surface area contributed by atoms with Gasteiger partial charge in [0, 0.05) is 5.75 Å². The number of benzene rings is 1. The summed E-state index contributed by atoms with van der Waals surface area (Å²) in [5.74, 6) is -0.329.